The standard InChI is InChI=1S/C18H27ClN6O2/c1-11(2)22-16-23-13-14(19)20-10-21-15(13)25(16)12-6-8-24(9-7-12)17(26)27-18(3,4)5/h10-12H,6-9H2,1-5H3,(H,22,23). The molecule has 0 spiro atoms. The molecule has 0 aromatic carbocycles. The molecular weight excluding hydrogens is 368 g/mol. The number of hydrogen-bond donors (Lipinski definition) is 1. The van der Waals surface area contributed by atoms with Gasteiger partial charge in [0.1, 0.15) is 17.4 Å². The number of nitrogens with one attached hydrogen (secondary N) is 1. The molecule has 9 heteroatoms. The van der Waals surface area contributed by atoms with Crippen LogP contribution >= 0.6 is 11.6 Å². The SMILES string of the molecule is CC(C)Nc1nc2c(Cl)ncnc2n1C1CCN(C(=O)OC(C)(C)C)CC1. The lowest BCUT2D eigenvalue weighted by atomic mass is 10.1. The maximum Gasteiger partial charge on any atom is 0.410 e. The van der Waals surface area contributed by atoms with Gasteiger partial charge in [0.05, 0.1) is 0 Å². The van der Waals surface area contributed by atoms with Crippen molar-refractivity contribution >= 4 is 34.8 Å². The highest BCUT2D eigenvalue weighted by molar-refractivity contribution is 6.33. The van der Waals surface area contributed by atoms with E-state index < -0.39 is 5.60 Å². The first-order valence-corrected chi connectivity index (χ1v) is 9.66. The molecule has 1 amide bonds. The minimum Gasteiger partial charge on any atom is -0.444 e. The van der Waals surface area contributed by atoms with Crippen LogP contribution in [0.15, 0.2) is 6.33 Å². The van der Waals surface area contributed by atoms with Crippen molar-refractivity contribution in [3.05, 3.63) is 11.5 Å². The van der Waals surface area contributed by atoms with Crippen LogP contribution in [0.2, 0.25) is 5.15 Å². The van der Waals surface area contributed by atoms with Gasteiger partial charge in [-0.15, -0.1) is 0 Å². The first-order valence-electron chi connectivity index (χ1n) is 9.28. The minimum absolute atomic E-state index is 0.168. The van der Waals surface area contributed by atoms with Gasteiger partial charge in [-0.2, -0.15) is 0 Å². The van der Waals surface area contributed by atoms with Crippen LogP contribution in [0.5, 0.6) is 0 Å². The Bertz CT molecular complexity index is 821. The maximum atomic E-state index is 12.3. The van der Waals surface area contributed by atoms with Crippen LogP contribution < -0.4 is 5.32 Å². The Kier molecular flexibility index (Phi) is 5.46. The normalized spacial score (nSPS) is 16.2. The number of imidazole rings is 1. The highest BCUT2D eigenvalue weighted by Crippen LogP contribution is 2.32. The van der Waals surface area contributed by atoms with E-state index in [9.17, 15) is 4.79 Å². The van der Waals surface area contributed by atoms with E-state index in [1.165, 1.54) is 6.33 Å². The number of piperidine rings is 1. The van der Waals surface area contributed by atoms with Gasteiger partial charge in [0.25, 0.3) is 0 Å². The van der Waals surface area contributed by atoms with E-state index in [4.69, 9.17) is 16.3 Å². The molecular formula is C18H27ClN6O2. The van der Waals surface area contributed by atoms with Gasteiger partial charge >= 0.3 is 6.09 Å². The van der Waals surface area contributed by atoms with Gasteiger partial charge in [0.2, 0.25) is 5.95 Å². The number of carbonyl (C=O) groups excluding carboxylic acids is 1. The third-order valence-corrected chi connectivity index (χ3v) is 4.61. The molecule has 2 aromatic rings. The van der Waals surface area contributed by atoms with Crippen molar-refractivity contribution in [1.82, 2.24) is 24.4 Å². The summed E-state index contributed by atoms with van der Waals surface area (Å²) >= 11 is 6.22. The predicted molar refractivity (Wildman–Crippen MR) is 105 cm³/mol. The van der Waals surface area contributed by atoms with Crippen LogP contribution in [0.4, 0.5) is 10.7 Å². The van der Waals surface area contributed by atoms with Crippen molar-refractivity contribution in [2.75, 3.05) is 18.4 Å². The lowest BCUT2D eigenvalue weighted by Crippen LogP contribution is -2.42. The van der Waals surface area contributed by atoms with Gasteiger partial charge in [0.15, 0.2) is 10.8 Å². The van der Waals surface area contributed by atoms with Crippen molar-refractivity contribution in [1.29, 1.82) is 0 Å². The van der Waals surface area contributed by atoms with Crippen molar-refractivity contribution in [3.8, 4) is 0 Å². The zero-order valence-corrected chi connectivity index (χ0v) is 17.2. The van der Waals surface area contributed by atoms with Gasteiger partial charge in [-0.25, -0.2) is 19.7 Å². The summed E-state index contributed by atoms with van der Waals surface area (Å²) in [6, 6.07) is 0.384. The highest BCUT2D eigenvalue weighted by Gasteiger charge is 2.30. The Balaban J connectivity index is 1.82. The monoisotopic (exact) mass is 394 g/mol. The van der Waals surface area contributed by atoms with Gasteiger partial charge in [-0.05, 0) is 47.5 Å². The fourth-order valence-corrected chi connectivity index (χ4v) is 3.39. The van der Waals surface area contributed by atoms with E-state index in [2.05, 4.69) is 38.7 Å². The summed E-state index contributed by atoms with van der Waals surface area (Å²) in [5, 5.41) is 3.72. The maximum absolute atomic E-state index is 12.3. The molecule has 1 aliphatic rings. The second-order valence-corrected chi connectivity index (χ2v) is 8.50. The number of rotatable bonds is 3. The molecule has 1 N–H and O–H groups in total. The molecule has 1 saturated heterocycles. The topological polar surface area (TPSA) is 85.2 Å². The molecule has 8 nitrogen and oxygen atoms in total. The van der Waals surface area contributed by atoms with Crippen molar-refractivity contribution in [2.45, 2.75) is 65.1 Å². The lowest BCUT2D eigenvalue weighted by Gasteiger charge is -2.34. The van der Waals surface area contributed by atoms with Crippen LogP contribution in [-0.4, -0.2) is 55.2 Å². The Morgan fingerprint density at radius 3 is 2.56 bits per heavy atom. The Hall–Kier alpha value is -2.09. The third-order valence-electron chi connectivity index (χ3n) is 4.33. The molecule has 0 atom stereocenters. The van der Waals surface area contributed by atoms with E-state index in [0.717, 1.165) is 18.8 Å². The molecule has 0 radical (unpaired) electrons. The van der Waals surface area contributed by atoms with Crippen LogP contribution in [-0.2, 0) is 4.74 Å². The van der Waals surface area contributed by atoms with Crippen molar-refractivity contribution in [3.63, 3.8) is 0 Å². The molecule has 0 aliphatic carbocycles. The highest BCUT2D eigenvalue weighted by atomic mass is 35.5. The first-order chi connectivity index (χ1) is 12.7. The molecule has 0 saturated carbocycles. The van der Waals surface area contributed by atoms with Gasteiger partial charge < -0.3 is 15.0 Å². The number of carbonyl (C=O) groups is 1. The van der Waals surface area contributed by atoms with E-state index in [-0.39, 0.29) is 18.2 Å². The number of hydrogen-bond acceptors (Lipinski definition) is 6. The summed E-state index contributed by atoms with van der Waals surface area (Å²) < 4.78 is 7.58. The summed E-state index contributed by atoms with van der Waals surface area (Å²) in [4.78, 5) is 27.1. The number of ether oxygens (including phenoxy) is 1. The Morgan fingerprint density at radius 2 is 1.96 bits per heavy atom. The summed E-state index contributed by atoms with van der Waals surface area (Å²) in [5.74, 6) is 0.734. The van der Waals surface area contributed by atoms with E-state index in [0.29, 0.717) is 29.4 Å². The molecule has 0 bridgehead atoms. The first kappa shape index (κ1) is 19.7. The van der Waals surface area contributed by atoms with Crippen LogP contribution in [0, 0.1) is 0 Å². The smallest absolute Gasteiger partial charge is 0.410 e. The number of aromatic nitrogens is 4. The van der Waals surface area contributed by atoms with E-state index >= 15 is 0 Å². The zero-order valence-electron chi connectivity index (χ0n) is 16.5. The Morgan fingerprint density at radius 1 is 1.30 bits per heavy atom. The number of anilines is 1. The molecule has 3 heterocycles. The average Bonchev–Trinajstić information content (AvgIpc) is 2.92. The molecule has 148 valence electrons. The van der Waals surface area contributed by atoms with Gasteiger partial charge in [0, 0.05) is 25.2 Å². The second kappa shape index (κ2) is 7.50. The number of halogens is 1. The fourth-order valence-electron chi connectivity index (χ4n) is 3.22. The molecule has 1 fully saturated rings. The summed E-state index contributed by atoms with van der Waals surface area (Å²) in [6.45, 7) is 11.0. The number of likely N-dealkylation sites (tertiary alicyclic amines) is 1. The largest absolute Gasteiger partial charge is 0.444 e. The average molecular weight is 395 g/mol. The molecule has 3 rings (SSSR count). The van der Waals surface area contributed by atoms with E-state index in [1.807, 2.05) is 20.8 Å². The van der Waals surface area contributed by atoms with E-state index in [1.54, 1.807) is 4.90 Å². The van der Waals surface area contributed by atoms with Gasteiger partial charge in [-0.1, -0.05) is 11.6 Å². The Labute approximate surface area is 164 Å². The van der Waals surface area contributed by atoms with Gasteiger partial charge in [-0.3, -0.25) is 4.57 Å². The van der Waals surface area contributed by atoms with Crippen molar-refractivity contribution in [2.24, 2.45) is 0 Å². The number of fused-ring (bicyclic) bond motifs is 1. The zero-order chi connectivity index (χ0) is 19.8. The second-order valence-electron chi connectivity index (χ2n) is 8.14. The summed E-state index contributed by atoms with van der Waals surface area (Å²) in [6.07, 6.45) is 2.78. The number of amides is 1. The predicted octanol–water partition coefficient (Wildman–Crippen LogP) is 3.87. The summed E-state index contributed by atoms with van der Waals surface area (Å²) in [5.41, 5.74) is 0.821. The molecule has 1 aliphatic heterocycles. The van der Waals surface area contributed by atoms with Crippen LogP contribution in [0.1, 0.15) is 53.5 Å². The van der Waals surface area contributed by atoms with Crippen LogP contribution in [0.25, 0.3) is 11.2 Å². The van der Waals surface area contributed by atoms with Crippen LogP contribution in [0.3, 0.4) is 0 Å². The number of nitrogens with zero attached hydrogens (tertiary/aromatic N) is 5. The lowest BCUT2D eigenvalue weighted by molar-refractivity contribution is 0.0190. The molecule has 0 unspecified atom stereocenters. The molecule has 2 aromatic heterocycles. The molecule has 27 heavy (non-hydrogen) atoms. The fraction of sp³-hybridized carbons (Fsp3) is 0.667. The minimum atomic E-state index is -0.490. The quantitative estimate of drug-likeness (QED) is 0.795. The van der Waals surface area contributed by atoms with Crippen molar-refractivity contribution < 1.29 is 9.53 Å². The third kappa shape index (κ3) is 4.43. The summed E-state index contributed by atoms with van der Waals surface area (Å²) in [7, 11) is 0.